The molecule has 7 nitrogen and oxygen atoms in total. The van der Waals surface area contributed by atoms with E-state index >= 15 is 0 Å². The molecule has 1 aromatic rings. The normalized spacial score (nSPS) is 23.9. The highest BCUT2D eigenvalue weighted by Crippen LogP contribution is 2.37. The number of morpholine rings is 1. The van der Waals surface area contributed by atoms with Crippen LogP contribution < -0.4 is 10.6 Å². The van der Waals surface area contributed by atoms with Gasteiger partial charge in [0.05, 0.1) is 13.2 Å². The smallest absolute Gasteiger partial charge is 0.291 e. The number of aromatic nitrogens is 3. The lowest BCUT2D eigenvalue weighted by atomic mass is 10.3. The largest absolute Gasteiger partial charge is 0.378 e. The van der Waals surface area contributed by atoms with E-state index in [1.54, 1.807) is 0 Å². The summed E-state index contributed by atoms with van der Waals surface area (Å²) in [6.07, 6.45) is 2.28. The minimum atomic E-state index is -0.231. The van der Waals surface area contributed by atoms with Crippen molar-refractivity contribution in [2.24, 2.45) is 0 Å². The van der Waals surface area contributed by atoms with Crippen LogP contribution in [0.15, 0.2) is 0 Å². The van der Waals surface area contributed by atoms with Crippen molar-refractivity contribution >= 4 is 5.91 Å². The van der Waals surface area contributed by atoms with Crippen LogP contribution in [-0.4, -0.2) is 53.4 Å². The lowest BCUT2D eigenvalue weighted by Crippen LogP contribution is -2.48. The van der Waals surface area contributed by atoms with Crippen molar-refractivity contribution in [2.45, 2.75) is 24.8 Å². The topological polar surface area (TPSA) is 91.9 Å². The first-order valence-corrected chi connectivity index (χ1v) is 6.34. The Labute approximate surface area is 105 Å². The zero-order valence-corrected chi connectivity index (χ0v) is 10.1. The van der Waals surface area contributed by atoms with E-state index in [0.29, 0.717) is 19.1 Å². The highest BCUT2D eigenvalue weighted by molar-refractivity contribution is 5.90. The van der Waals surface area contributed by atoms with Gasteiger partial charge in [0, 0.05) is 25.0 Å². The van der Waals surface area contributed by atoms with Gasteiger partial charge in [-0.1, -0.05) is 0 Å². The summed E-state index contributed by atoms with van der Waals surface area (Å²) in [5.74, 6) is 1.31. The van der Waals surface area contributed by atoms with Crippen molar-refractivity contribution in [3.63, 3.8) is 0 Å². The van der Waals surface area contributed by atoms with E-state index in [0.717, 1.165) is 31.8 Å². The fourth-order valence-corrected chi connectivity index (χ4v) is 1.96. The number of carbonyl (C=O) groups excluding carboxylic acids is 1. The van der Waals surface area contributed by atoms with Crippen LogP contribution in [0.2, 0.25) is 0 Å². The quantitative estimate of drug-likeness (QED) is 0.664. The zero-order chi connectivity index (χ0) is 12.4. The molecule has 98 valence electrons. The van der Waals surface area contributed by atoms with Crippen molar-refractivity contribution in [2.75, 3.05) is 26.3 Å². The number of rotatable bonds is 4. The second-order valence-electron chi connectivity index (χ2n) is 4.75. The van der Waals surface area contributed by atoms with Crippen LogP contribution in [0.3, 0.4) is 0 Å². The molecule has 1 unspecified atom stereocenters. The Bertz CT molecular complexity index is 423. The van der Waals surface area contributed by atoms with Crippen molar-refractivity contribution < 1.29 is 9.53 Å². The molecule has 1 atom stereocenters. The molecule has 18 heavy (non-hydrogen) atoms. The van der Waals surface area contributed by atoms with E-state index in [1.165, 1.54) is 0 Å². The van der Waals surface area contributed by atoms with Crippen molar-refractivity contribution in [3.8, 4) is 0 Å². The van der Waals surface area contributed by atoms with Gasteiger partial charge in [0.25, 0.3) is 5.91 Å². The molecule has 2 aliphatic rings. The first-order valence-electron chi connectivity index (χ1n) is 6.34. The van der Waals surface area contributed by atoms with Crippen LogP contribution in [-0.2, 0) is 4.74 Å². The Balaban J connectivity index is 1.50. The summed E-state index contributed by atoms with van der Waals surface area (Å²) in [4.78, 5) is 16.0. The number of carbonyl (C=O) groups is 1. The second kappa shape index (κ2) is 5.03. The third-order valence-corrected chi connectivity index (χ3v) is 3.18. The van der Waals surface area contributed by atoms with E-state index in [9.17, 15) is 4.79 Å². The number of aromatic amines is 1. The van der Waals surface area contributed by atoms with Crippen molar-refractivity contribution in [3.05, 3.63) is 11.6 Å². The van der Waals surface area contributed by atoms with Gasteiger partial charge >= 0.3 is 0 Å². The van der Waals surface area contributed by atoms with Crippen LogP contribution in [0.4, 0.5) is 0 Å². The van der Waals surface area contributed by atoms with Gasteiger partial charge in [0.2, 0.25) is 5.82 Å². The van der Waals surface area contributed by atoms with E-state index in [1.807, 2.05) is 0 Å². The molecule has 1 aliphatic heterocycles. The molecule has 1 aromatic heterocycles. The molecule has 1 saturated heterocycles. The molecule has 1 amide bonds. The second-order valence-corrected chi connectivity index (χ2v) is 4.75. The summed E-state index contributed by atoms with van der Waals surface area (Å²) in [7, 11) is 0. The standard InChI is InChI=1S/C11H17N5O2/c17-11(13-5-8-6-18-4-3-12-8)10-14-9(15-16-10)7-1-2-7/h7-8,12H,1-6H2,(H,13,17)(H,14,15,16). The molecule has 0 aromatic carbocycles. The third kappa shape index (κ3) is 2.68. The van der Waals surface area contributed by atoms with Gasteiger partial charge in [-0.05, 0) is 12.8 Å². The Morgan fingerprint density at radius 2 is 2.39 bits per heavy atom. The molecule has 1 aliphatic carbocycles. The molecule has 3 rings (SSSR count). The Hall–Kier alpha value is -1.47. The van der Waals surface area contributed by atoms with Crippen LogP contribution in [0.25, 0.3) is 0 Å². The van der Waals surface area contributed by atoms with Crippen molar-refractivity contribution in [1.29, 1.82) is 0 Å². The Kier molecular flexibility index (Phi) is 3.24. The summed E-state index contributed by atoms with van der Waals surface area (Å²) >= 11 is 0. The first-order chi connectivity index (χ1) is 8.83. The summed E-state index contributed by atoms with van der Waals surface area (Å²) < 4.78 is 5.31. The molecule has 1 saturated carbocycles. The first kappa shape index (κ1) is 11.6. The average Bonchev–Trinajstić information content (AvgIpc) is 3.15. The van der Waals surface area contributed by atoms with E-state index in [2.05, 4.69) is 25.8 Å². The number of nitrogens with one attached hydrogen (secondary N) is 3. The average molecular weight is 251 g/mol. The zero-order valence-electron chi connectivity index (χ0n) is 10.1. The Morgan fingerprint density at radius 1 is 1.50 bits per heavy atom. The maximum atomic E-state index is 11.8. The molecule has 0 bridgehead atoms. The van der Waals surface area contributed by atoms with Crippen LogP contribution >= 0.6 is 0 Å². The van der Waals surface area contributed by atoms with E-state index < -0.39 is 0 Å². The monoisotopic (exact) mass is 251 g/mol. The van der Waals surface area contributed by atoms with Crippen LogP contribution in [0.5, 0.6) is 0 Å². The number of nitrogens with zero attached hydrogens (tertiary/aromatic N) is 2. The van der Waals surface area contributed by atoms with Gasteiger partial charge in [0.1, 0.15) is 5.82 Å². The van der Waals surface area contributed by atoms with Gasteiger partial charge in [-0.25, -0.2) is 4.98 Å². The molecular weight excluding hydrogens is 234 g/mol. The number of hydrogen-bond acceptors (Lipinski definition) is 5. The number of amides is 1. The lowest BCUT2D eigenvalue weighted by Gasteiger charge is -2.23. The minimum absolute atomic E-state index is 0.171. The lowest BCUT2D eigenvalue weighted by molar-refractivity contribution is 0.0732. The molecule has 2 heterocycles. The van der Waals surface area contributed by atoms with E-state index in [4.69, 9.17) is 4.74 Å². The van der Waals surface area contributed by atoms with Gasteiger partial charge in [-0.2, -0.15) is 0 Å². The highest BCUT2D eigenvalue weighted by atomic mass is 16.5. The van der Waals surface area contributed by atoms with Gasteiger partial charge in [-0.15, -0.1) is 5.10 Å². The summed E-state index contributed by atoms with van der Waals surface area (Å²) in [6, 6.07) is 0.171. The van der Waals surface area contributed by atoms with E-state index in [-0.39, 0.29) is 17.8 Å². The number of H-pyrrole nitrogens is 1. The molecule has 3 N–H and O–H groups in total. The Morgan fingerprint density at radius 3 is 3.11 bits per heavy atom. The van der Waals surface area contributed by atoms with Crippen LogP contribution in [0, 0.1) is 0 Å². The minimum Gasteiger partial charge on any atom is -0.378 e. The molecule has 0 spiro atoms. The van der Waals surface area contributed by atoms with Gasteiger partial charge in [0.15, 0.2) is 0 Å². The molecular formula is C11H17N5O2. The predicted molar refractivity (Wildman–Crippen MR) is 63.3 cm³/mol. The van der Waals surface area contributed by atoms with Crippen molar-refractivity contribution in [1.82, 2.24) is 25.8 Å². The highest BCUT2D eigenvalue weighted by Gasteiger charge is 2.28. The fourth-order valence-electron chi connectivity index (χ4n) is 1.96. The summed E-state index contributed by atoms with van der Waals surface area (Å²) in [5.41, 5.74) is 0. The third-order valence-electron chi connectivity index (χ3n) is 3.18. The molecule has 0 radical (unpaired) electrons. The predicted octanol–water partition coefficient (Wildman–Crippen LogP) is -0.600. The SMILES string of the molecule is O=C(NCC1COCCN1)c1n[nH]c(C2CC2)n1. The maximum absolute atomic E-state index is 11.8. The number of hydrogen-bond donors (Lipinski definition) is 3. The fraction of sp³-hybridized carbons (Fsp3) is 0.727. The number of ether oxygens (including phenoxy) is 1. The molecule has 2 fully saturated rings. The summed E-state index contributed by atoms with van der Waals surface area (Å²) in [6.45, 7) is 2.72. The van der Waals surface area contributed by atoms with Crippen LogP contribution in [0.1, 0.15) is 35.2 Å². The molecule has 7 heteroatoms. The summed E-state index contributed by atoms with van der Waals surface area (Å²) in [5, 5.41) is 12.9. The maximum Gasteiger partial charge on any atom is 0.291 e. The van der Waals surface area contributed by atoms with Gasteiger partial charge < -0.3 is 15.4 Å². The van der Waals surface area contributed by atoms with Gasteiger partial charge in [-0.3, -0.25) is 9.89 Å².